The topological polar surface area (TPSA) is 76.6 Å². The van der Waals surface area contributed by atoms with Gasteiger partial charge in [-0.05, 0) is 61.9 Å². The number of amides is 2. The first-order valence-corrected chi connectivity index (χ1v) is 11.8. The lowest BCUT2D eigenvalue weighted by Crippen LogP contribution is -2.23. The zero-order chi connectivity index (χ0) is 25.9. The molecule has 6 nitrogen and oxygen atoms in total. The number of hydrogen-bond acceptors (Lipinski definition) is 4. The van der Waals surface area contributed by atoms with Gasteiger partial charge in [-0.15, -0.1) is 11.3 Å². The molecule has 0 fully saturated rings. The molecule has 10 heteroatoms. The summed E-state index contributed by atoms with van der Waals surface area (Å²) in [6, 6.07) is 14.8. The van der Waals surface area contributed by atoms with Crippen LogP contribution >= 0.6 is 11.3 Å². The van der Waals surface area contributed by atoms with E-state index in [4.69, 9.17) is 4.42 Å². The van der Waals surface area contributed by atoms with Crippen LogP contribution in [0.2, 0.25) is 0 Å². The highest BCUT2D eigenvalue weighted by atomic mass is 32.1. The van der Waals surface area contributed by atoms with Crippen LogP contribution in [0.3, 0.4) is 0 Å². The van der Waals surface area contributed by atoms with Crippen LogP contribution in [0.25, 0.3) is 0 Å². The number of aromatic nitrogens is 1. The maximum Gasteiger partial charge on any atom is 0.416 e. The third-order valence-corrected chi connectivity index (χ3v) is 6.65. The van der Waals surface area contributed by atoms with Gasteiger partial charge in [0.05, 0.1) is 24.9 Å². The van der Waals surface area contributed by atoms with E-state index in [9.17, 15) is 22.8 Å². The van der Waals surface area contributed by atoms with Crippen molar-refractivity contribution in [3.8, 4) is 0 Å². The minimum absolute atomic E-state index is 0.143. The molecule has 2 heterocycles. The Morgan fingerprint density at radius 1 is 1.03 bits per heavy atom. The summed E-state index contributed by atoms with van der Waals surface area (Å²) in [5, 5.41) is 2.80. The Kier molecular flexibility index (Phi) is 7.25. The summed E-state index contributed by atoms with van der Waals surface area (Å²) >= 11 is 1.27. The lowest BCUT2D eigenvalue weighted by Gasteiger charge is -2.09. The predicted octanol–water partition coefficient (Wildman–Crippen LogP) is 5.50. The summed E-state index contributed by atoms with van der Waals surface area (Å²) in [4.78, 5) is 30.7. The average molecular weight is 514 g/mol. The fourth-order valence-electron chi connectivity index (χ4n) is 3.52. The zero-order valence-electron chi connectivity index (χ0n) is 19.4. The van der Waals surface area contributed by atoms with Gasteiger partial charge in [0.15, 0.2) is 4.80 Å². The fraction of sp³-hybridized carbons (Fsp3) is 0.192. The van der Waals surface area contributed by atoms with Gasteiger partial charge in [0.2, 0.25) is 0 Å². The molecular weight excluding hydrogens is 491 g/mol. The van der Waals surface area contributed by atoms with E-state index >= 15 is 0 Å². The summed E-state index contributed by atoms with van der Waals surface area (Å²) in [6.07, 6.45) is -3.02. The van der Waals surface area contributed by atoms with Crippen molar-refractivity contribution >= 4 is 23.2 Å². The quantitative estimate of drug-likeness (QED) is 0.370. The standard InChI is InChI=1S/C26H22F3N3O3S/c1-16-17(2)36-25(31-24(34)20-8-4-9-21(13-20)26(27,28)29)32(16)15-18-6-3-7-19(12-18)23(33)30-14-22-10-5-11-35-22/h3-13H,14-15H2,1-2H3,(H,30,33). The van der Waals surface area contributed by atoms with Crippen LogP contribution in [0.4, 0.5) is 13.2 Å². The van der Waals surface area contributed by atoms with Crippen molar-refractivity contribution in [2.75, 3.05) is 0 Å². The number of thiazole rings is 1. The number of benzene rings is 2. The van der Waals surface area contributed by atoms with Crippen molar-refractivity contribution in [1.82, 2.24) is 9.88 Å². The van der Waals surface area contributed by atoms with Gasteiger partial charge in [0.25, 0.3) is 11.8 Å². The van der Waals surface area contributed by atoms with Crippen molar-refractivity contribution in [3.05, 3.63) is 110 Å². The average Bonchev–Trinajstić information content (AvgIpc) is 3.46. The molecule has 0 saturated heterocycles. The minimum Gasteiger partial charge on any atom is -0.467 e. The molecule has 0 radical (unpaired) electrons. The van der Waals surface area contributed by atoms with Crippen LogP contribution in [-0.2, 0) is 19.3 Å². The molecule has 2 aromatic heterocycles. The number of hydrogen-bond donors (Lipinski definition) is 1. The molecule has 186 valence electrons. The second-order valence-electron chi connectivity index (χ2n) is 8.07. The molecule has 4 rings (SSSR count). The fourth-order valence-corrected chi connectivity index (χ4v) is 4.50. The second-order valence-corrected chi connectivity index (χ2v) is 9.25. The first-order valence-electron chi connectivity index (χ1n) is 10.9. The summed E-state index contributed by atoms with van der Waals surface area (Å²) in [7, 11) is 0. The molecule has 2 aromatic carbocycles. The largest absolute Gasteiger partial charge is 0.467 e. The number of nitrogens with zero attached hydrogens (tertiary/aromatic N) is 2. The number of halogens is 3. The van der Waals surface area contributed by atoms with Crippen LogP contribution in [0, 0.1) is 13.8 Å². The molecule has 0 spiro atoms. The number of carbonyl (C=O) groups excluding carboxylic acids is 2. The number of nitrogens with one attached hydrogen (secondary N) is 1. The summed E-state index contributed by atoms with van der Waals surface area (Å²) < 4.78 is 46.2. The van der Waals surface area contributed by atoms with E-state index in [2.05, 4.69) is 10.3 Å². The Morgan fingerprint density at radius 2 is 1.78 bits per heavy atom. The lowest BCUT2D eigenvalue weighted by atomic mass is 10.1. The molecule has 0 aliphatic carbocycles. The highest BCUT2D eigenvalue weighted by Gasteiger charge is 2.30. The van der Waals surface area contributed by atoms with Crippen LogP contribution in [-0.4, -0.2) is 16.4 Å². The van der Waals surface area contributed by atoms with Crippen LogP contribution in [0.1, 0.15) is 48.2 Å². The van der Waals surface area contributed by atoms with Crippen LogP contribution in [0.15, 0.2) is 76.3 Å². The smallest absolute Gasteiger partial charge is 0.416 e. The number of furan rings is 1. The molecule has 0 aliphatic heterocycles. The maximum atomic E-state index is 13.1. The minimum atomic E-state index is -4.55. The number of alkyl halides is 3. The van der Waals surface area contributed by atoms with Crippen molar-refractivity contribution in [3.63, 3.8) is 0 Å². The number of carbonyl (C=O) groups is 2. The van der Waals surface area contributed by atoms with Gasteiger partial charge < -0.3 is 14.3 Å². The number of aryl methyl sites for hydroxylation is 1. The van der Waals surface area contributed by atoms with E-state index in [0.717, 1.165) is 28.3 Å². The molecule has 0 atom stereocenters. The Bertz CT molecular complexity index is 1470. The monoisotopic (exact) mass is 513 g/mol. The molecular formula is C26H22F3N3O3S. The highest BCUT2D eigenvalue weighted by Crippen LogP contribution is 2.29. The maximum absolute atomic E-state index is 13.1. The lowest BCUT2D eigenvalue weighted by molar-refractivity contribution is -0.137. The van der Waals surface area contributed by atoms with Gasteiger partial charge >= 0.3 is 6.18 Å². The Morgan fingerprint density at radius 3 is 2.50 bits per heavy atom. The third kappa shape index (κ3) is 5.83. The summed E-state index contributed by atoms with van der Waals surface area (Å²) in [5.41, 5.74) is 1.08. The second kappa shape index (κ2) is 10.4. The first-order chi connectivity index (χ1) is 17.1. The van der Waals surface area contributed by atoms with Gasteiger partial charge in [-0.2, -0.15) is 18.2 Å². The third-order valence-electron chi connectivity index (χ3n) is 5.56. The van der Waals surface area contributed by atoms with E-state index in [-0.39, 0.29) is 18.0 Å². The molecule has 0 unspecified atom stereocenters. The van der Waals surface area contributed by atoms with Crippen molar-refractivity contribution < 1.29 is 27.2 Å². The van der Waals surface area contributed by atoms with Crippen LogP contribution in [0.5, 0.6) is 0 Å². The molecule has 0 saturated carbocycles. The Labute approximate surface area is 208 Å². The summed E-state index contributed by atoms with van der Waals surface area (Å²) in [5.74, 6) is -0.389. The molecule has 0 aliphatic rings. The number of rotatable bonds is 6. The van der Waals surface area contributed by atoms with Crippen molar-refractivity contribution in [1.29, 1.82) is 0 Å². The normalized spacial score (nSPS) is 12.1. The van der Waals surface area contributed by atoms with Gasteiger partial charge in [0.1, 0.15) is 5.76 Å². The van der Waals surface area contributed by atoms with Gasteiger partial charge in [0, 0.05) is 21.7 Å². The molecule has 36 heavy (non-hydrogen) atoms. The van der Waals surface area contributed by atoms with Crippen LogP contribution < -0.4 is 10.1 Å². The van der Waals surface area contributed by atoms with Gasteiger partial charge in [-0.25, -0.2) is 0 Å². The summed E-state index contributed by atoms with van der Waals surface area (Å²) in [6.45, 7) is 4.33. The van der Waals surface area contributed by atoms with E-state index in [0.29, 0.717) is 22.7 Å². The zero-order valence-corrected chi connectivity index (χ0v) is 20.2. The molecule has 1 N–H and O–H groups in total. The van der Waals surface area contributed by atoms with E-state index in [1.54, 1.807) is 30.3 Å². The predicted molar refractivity (Wildman–Crippen MR) is 129 cm³/mol. The first kappa shape index (κ1) is 25.2. The molecule has 4 aromatic rings. The van der Waals surface area contributed by atoms with E-state index in [1.165, 1.54) is 29.7 Å². The molecule has 2 amide bonds. The van der Waals surface area contributed by atoms with E-state index in [1.807, 2.05) is 24.5 Å². The SMILES string of the molecule is Cc1sc(=NC(=O)c2cccc(C(F)(F)F)c2)n(Cc2cccc(C(=O)NCc3ccco3)c2)c1C. The van der Waals surface area contributed by atoms with Crippen molar-refractivity contribution in [2.45, 2.75) is 33.1 Å². The van der Waals surface area contributed by atoms with Gasteiger partial charge in [-0.1, -0.05) is 18.2 Å². The highest BCUT2D eigenvalue weighted by molar-refractivity contribution is 7.09. The van der Waals surface area contributed by atoms with Gasteiger partial charge in [-0.3, -0.25) is 9.59 Å². The Balaban J connectivity index is 1.58. The van der Waals surface area contributed by atoms with E-state index < -0.39 is 17.6 Å². The Hall–Kier alpha value is -3.92. The van der Waals surface area contributed by atoms with Crippen molar-refractivity contribution in [2.24, 2.45) is 4.99 Å². The molecule has 0 bridgehead atoms.